The number of ether oxygens (including phenoxy) is 2. The predicted molar refractivity (Wildman–Crippen MR) is 154 cm³/mol. The second-order valence-electron chi connectivity index (χ2n) is 12.6. The Morgan fingerprint density at radius 1 is 0.975 bits per heavy atom. The fourth-order valence-corrected chi connectivity index (χ4v) is 8.84. The molecule has 0 saturated heterocycles. The highest BCUT2D eigenvalue weighted by molar-refractivity contribution is 6.30. The molecule has 2 aromatic rings. The molecule has 2 fully saturated rings. The molecule has 6 heteroatoms. The van der Waals surface area contributed by atoms with Crippen LogP contribution < -0.4 is 4.74 Å². The Morgan fingerprint density at radius 2 is 1.70 bits per heavy atom. The second-order valence-corrected chi connectivity index (χ2v) is 13.1. The average Bonchev–Trinajstić information content (AvgIpc) is 3.30. The van der Waals surface area contributed by atoms with Crippen LogP contribution in [0, 0.1) is 34.5 Å². The van der Waals surface area contributed by atoms with Crippen molar-refractivity contribution in [1.29, 1.82) is 0 Å². The smallest absolute Gasteiger partial charge is 0.337 e. The number of carbonyl (C=O) groups is 2. The monoisotopic (exact) mass is 560 g/mol. The quantitative estimate of drug-likeness (QED) is 0.301. The number of phenolic OH excluding ortho intramolecular Hbond substituents is 1. The van der Waals surface area contributed by atoms with Crippen LogP contribution in [0.15, 0.2) is 71.8 Å². The normalized spacial score (nSPS) is 34.5. The lowest BCUT2D eigenvalue weighted by Gasteiger charge is -2.57. The number of methoxy groups -OCH3 is 1. The summed E-state index contributed by atoms with van der Waals surface area (Å²) in [4.78, 5) is 26.5. The van der Waals surface area contributed by atoms with Crippen molar-refractivity contribution >= 4 is 23.4 Å². The summed E-state index contributed by atoms with van der Waals surface area (Å²) < 4.78 is 11.6. The number of halogens is 1. The second kappa shape index (κ2) is 10.1. The van der Waals surface area contributed by atoms with Crippen molar-refractivity contribution in [3.05, 3.63) is 82.4 Å². The van der Waals surface area contributed by atoms with Crippen LogP contribution in [-0.2, 0) is 9.53 Å². The third-order valence-corrected chi connectivity index (χ3v) is 11.0. The highest BCUT2D eigenvalue weighted by Crippen LogP contribution is 2.66. The molecule has 2 aromatic carbocycles. The van der Waals surface area contributed by atoms with E-state index in [4.69, 9.17) is 21.1 Å². The number of phenols is 1. The van der Waals surface area contributed by atoms with Gasteiger partial charge in [-0.3, -0.25) is 4.79 Å². The Labute approximate surface area is 241 Å². The molecule has 0 aromatic heterocycles. The summed E-state index contributed by atoms with van der Waals surface area (Å²) in [6.45, 7) is 4.68. The standard InChI is InChI=1S/C34H37ClO5/c1-33-17-16-28-25(27(33)14-15-29(33)31(37)20-4-9-23(36)10-5-20)13-6-21-18-26(32(38)39-3)30(19-34(21,28)2)40-24-11-7-22(35)8-12-24/h4-12,18,25,27-30,36H,13-17,19H2,1-3H3/t25-,27-,28-,29+,30+,33-,34-/m0/s1. The van der Waals surface area contributed by atoms with Gasteiger partial charge in [0, 0.05) is 16.5 Å². The topological polar surface area (TPSA) is 72.8 Å². The molecule has 7 atom stereocenters. The molecule has 0 amide bonds. The van der Waals surface area contributed by atoms with Gasteiger partial charge in [-0.05, 0) is 127 Å². The molecular weight excluding hydrogens is 524 g/mol. The van der Waals surface area contributed by atoms with E-state index < -0.39 is 6.10 Å². The van der Waals surface area contributed by atoms with Crippen molar-refractivity contribution < 1.29 is 24.2 Å². The van der Waals surface area contributed by atoms with E-state index in [0.29, 0.717) is 46.1 Å². The number of rotatable bonds is 5. The Hall–Kier alpha value is -3.05. The molecule has 4 aliphatic rings. The van der Waals surface area contributed by atoms with Crippen molar-refractivity contribution in [1.82, 2.24) is 0 Å². The SMILES string of the molecule is COC(=O)C1=CC2=CC[C@H]3[C@@H]4CC[C@H](C(=O)c5ccc(O)cc5)[C@@]4(C)CC[C@@H]3[C@@]2(C)C[C@H]1Oc1ccc(Cl)cc1. The Balaban J connectivity index is 1.29. The van der Waals surface area contributed by atoms with Crippen molar-refractivity contribution in [3.8, 4) is 11.5 Å². The molecule has 5 nitrogen and oxygen atoms in total. The lowest BCUT2D eigenvalue weighted by Crippen LogP contribution is -2.52. The van der Waals surface area contributed by atoms with E-state index >= 15 is 0 Å². The van der Waals surface area contributed by atoms with Crippen LogP contribution in [-0.4, -0.2) is 30.1 Å². The fourth-order valence-electron chi connectivity index (χ4n) is 8.71. The van der Waals surface area contributed by atoms with Crippen molar-refractivity contribution in [2.45, 2.75) is 58.5 Å². The lowest BCUT2D eigenvalue weighted by atomic mass is 9.47. The first-order chi connectivity index (χ1) is 19.1. The Bertz CT molecular complexity index is 1380. The zero-order chi connectivity index (χ0) is 28.2. The van der Waals surface area contributed by atoms with Crippen LogP contribution in [0.4, 0.5) is 0 Å². The molecule has 0 aliphatic heterocycles. The van der Waals surface area contributed by atoms with Crippen molar-refractivity contribution in [2.75, 3.05) is 7.11 Å². The Kier molecular flexibility index (Phi) is 6.85. The third-order valence-electron chi connectivity index (χ3n) is 10.8. The number of hydrogen-bond donors (Lipinski definition) is 1. The summed E-state index contributed by atoms with van der Waals surface area (Å²) in [5.41, 5.74) is 2.28. The zero-order valence-corrected chi connectivity index (χ0v) is 24.1. The number of allylic oxidation sites excluding steroid dienone is 3. The van der Waals surface area contributed by atoms with Crippen LogP contribution >= 0.6 is 11.6 Å². The number of ketones is 1. The summed E-state index contributed by atoms with van der Waals surface area (Å²) in [6.07, 6.45) is 9.61. The predicted octanol–water partition coefficient (Wildman–Crippen LogP) is 7.57. The summed E-state index contributed by atoms with van der Waals surface area (Å²) in [7, 11) is 1.42. The average molecular weight is 561 g/mol. The van der Waals surface area contributed by atoms with Gasteiger partial charge in [-0.25, -0.2) is 4.79 Å². The summed E-state index contributed by atoms with van der Waals surface area (Å²) in [5, 5.41) is 10.3. The van der Waals surface area contributed by atoms with Crippen LogP contribution in [0.3, 0.4) is 0 Å². The van der Waals surface area contributed by atoms with Gasteiger partial charge in [-0.1, -0.05) is 31.5 Å². The van der Waals surface area contributed by atoms with E-state index in [9.17, 15) is 14.7 Å². The first-order valence-electron chi connectivity index (χ1n) is 14.4. The minimum Gasteiger partial charge on any atom is -0.508 e. The van der Waals surface area contributed by atoms with Crippen molar-refractivity contribution in [2.24, 2.45) is 34.5 Å². The fraction of sp³-hybridized carbons (Fsp3) is 0.471. The maximum absolute atomic E-state index is 13.7. The number of benzene rings is 2. The molecule has 0 bridgehead atoms. The van der Waals surface area contributed by atoms with Crippen LogP contribution in [0.5, 0.6) is 11.5 Å². The van der Waals surface area contributed by atoms with E-state index in [1.54, 1.807) is 36.4 Å². The molecule has 6 rings (SSSR count). The van der Waals surface area contributed by atoms with Gasteiger partial charge in [-0.15, -0.1) is 0 Å². The summed E-state index contributed by atoms with van der Waals surface area (Å²) >= 11 is 6.09. The molecule has 0 radical (unpaired) electrons. The molecular formula is C34H37ClO5. The zero-order valence-electron chi connectivity index (χ0n) is 23.4. The number of fused-ring (bicyclic) bond motifs is 5. The minimum atomic E-state index is -0.421. The molecule has 0 heterocycles. The largest absolute Gasteiger partial charge is 0.508 e. The molecule has 0 spiro atoms. The first-order valence-corrected chi connectivity index (χ1v) is 14.8. The van der Waals surface area contributed by atoms with Gasteiger partial charge >= 0.3 is 5.97 Å². The maximum atomic E-state index is 13.7. The van der Waals surface area contributed by atoms with Gasteiger partial charge < -0.3 is 14.6 Å². The van der Waals surface area contributed by atoms with Gasteiger partial charge in [0.2, 0.25) is 0 Å². The van der Waals surface area contributed by atoms with Gasteiger partial charge in [0.1, 0.15) is 17.6 Å². The number of hydrogen-bond acceptors (Lipinski definition) is 5. The van der Waals surface area contributed by atoms with E-state index in [2.05, 4.69) is 19.9 Å². The van der Waals surface area contributed by atoms with Gasteiger partial charge in [0.25, 0.3) is 0 Å². The van der Waals surface area contributed by atoms with E-state index in [1.807, 2.05) is 18.2 Å². The van der Waals surface area contributed by atoms with Crippen LogP contribution in [0.2, 0.25) is 5.02 Å². The summed E-state index contributed by atoms with van der Waals surface area (Å²) in [6, 6.07) is 14.0. The number of aromatic hydroxyl groups is 1. The highest BCUT2D eigenvalue weighted by Gasteiger charge is 2.60. The maximum Gasteiger partial charge on any atom is 0.337 e. The summed E-state index contributed by atoms with van der Waals surface area (Å²) in [5.74, 6) is 2.10. The van der Waals surface area contributed by atoms with E-state index in [-0.39, 0.29) is 34.2 Å². The molecule has 40 heavy (non-hydrogen) atoms. The molecule has 2 saturated carbocycles. The third kappa shape index (κ3) is 4.38. The van der Waals surface area contributed by atoms with Gasteiger partial charge in [0.15, 0.2) is 5.78 Å². The Morgan fingerprint density at radius 3 is 2.40 bits per heavy atom. The number of Topliss-reactive ketones (excluding diaryl/α,β-unsaturated/α-hetero) is 1. The molecule has 4 aliphatic carbocycles. The van der Waals surface area contributed by atoms with E-state index in [0.717, 1.165) is 32.1 Å². The molecule has 0 unspecified atom stereocenters. The van der Waals surface area contributed by atoms with Crippen LogP contribution in [0.1, 0.15) is 62.7 Å². The molecule has 210 valence electrons. The van der Waals surface area contributed by atoms with E-state index in [1.165, 1.54) is 12.7 Å². The van der Waals surface area contributed by atoms with Gasteiger partial charge in [0.05, 0.1) is 12.7 Å². The van der Waals surface area contributed by atoms with Crippen molar-refractivity contribution in [3.63, 3.8) is 0 Å². The van der Waals surface area contributed by atoms with Gasteiger partial charge in [-0.2, -0.15) is 0 Å². The minimum absolute atomic E-state index is 0.000610. The van der Waals surface area contributed by atoms with Crippen LogP contribution in [0.25, 0.3) is 0 Å². The number of esters is 1. The lowest BCUT2D eigenvalue weighted by molar-refractivity contribution is -0.137. The highest BCUT2D eigenvalue weighted by atomic mass is 35.5. The first kappa shape index (κ1) is 27.1. The number of carbonyl (C=O) groups excluding carboxylic acids is 2. The molecule has 1 N–H and O–H groups in total.